The summed E-state index contributed by atoms with van der Waals surface area (Å²) in [7, 11) is 1.35. The average Bonchev–Trinajstić information content (AvgIpc) is 2.78. The number of esters is 1. The lowest BCUT2D eigenvalue weighted by atomic mass is 10.0. The van der Waals surface area contributed by atoms with Crippen LogP contribution in [0, 0.1) is 0 Å². The number of fused-ring (bicyclic) bond motifs is 2. The number of carbonyl (C=O) groups is 2. The summed E-state index contributed by atoms with van der Waals surface area (Å²) < 4.78 is 4.94. The number of amides is 1. The maximum Gasteiger partial charge on any atom is 0.328 e. The summed E-state index contributed by atoms with van der Waals surface area (Å²) in [5, 5.41) is 4.44. The number of carbonyl (C=O) groups excluding carboxylic acids is 2. The minimum atomic E-state index is -0.674. The van der Waals surface area contributed by atoms with Crippen molar-refractivity contribution in [2.75, 3.05) is 7.11 Å². The van der Waals surface area contributed by atoms with E-state index in [0.717, 1.165) is 53.9 Å². The van der Waals surface area contributed by atoms with Gasteiger partial charge in [0.15, 0.2) is 0 Å². The van der Waals surface area contributed by atoms with Crippen LogP contribution in [-0.2, 0) is 9.53 Å². The van der Waals surface area contributed by atoms with E-state index in [1.165, 1.54) is 7.11 Å². The highest BCUT2D eigenvalue weighted by Crippen LogP contribution is 2.26. The highest BCUT2D eigenvalue weighted by molar-refractivity contribution is 6.16. The third-order valence-corrected chi connectivity index (χ3v) is 5.26. The Morgan fingerprint density at radius 1 is 1.00 bits per heavy atom. The van der Waals surface area contributed by atoms with E-state index in [1.54, 1.807) is 0 Å². The van der Waals surface area contributed by atoms with Gasteiger partial charge in [0.05, 0.1) is 23.7 Å². The summed E-state index contributed by atoms with van der Waals surface area (Å²) in [6.45, 7) is 3.73. The SMILES string of the molecule is C=CCCCCCC[C@@H](NC(=O)c1c2ccccc2nc2ccccc12)C(=O)OC. The van der Waals surface area contributed by atoms with Crippen molar-refractivity contribution < 1.29 is 14.3 Å². The highest BCUT2D eigenvalue weighted by Gasteiger charge is 2.24. The van der Waals surface area contributed by atoms with Crippen LogP contribution in [0.15, 0.2) is 61.2 Å². The average molecular weight is 405 g/mol. The van der Waals surface area contributed by atoms with Gasteiger partial charge in [0.1, 0.15) is 6.04 Å². The Balaban J connectivity index is 1.83. The first kappa shape index (κ1) is 21.5. The van der Waals surface area contributed by atoms with Crippen LogP contribution in [0.4, 0.5) is 0 Å². The van der Waals surface area contributed by atoms with E-state index in [0.29, 0.717) is 12.0 Å². The Morgan fingerprint density at radius 3 is 2.20 bits per heavy atom. The van der Waals surface area contributed by atoms with Gasteiger partial charge in [-0.1, -0.05) is 61.7 Å². The van der Waals surface area contributed by atoms with Gasteiger partial charge in [0.2, 0.25) is 0 Å². The summed E-state index contributed by atoms with van der Waals surface area (Å²) >= 11 is 0. The first-order chi connectivity index (χ1) is 14.7. The second-order valence-electron chi connectivity index (χ2n) is 7.35. The molecule has 0 saturated carbocycles. The third-order valence-electron chi connectivity index (χ3n) is 5.26. The number of nitrogens with zero attached hydrogens (tertiary/aromatic N) is 1. The number of allylic oxidation sites excluding steroid dienone is 1. The maximum atomic E-state index is 13.3. The van der Waals surface area contributed by atoms with Crippen LogP contribution in [0.5, 0.6) is 0 Å². The molecule has 156 valence electrons. The molecule has 3 aromatic rings. The minimum Gasteiger partial charge on any atom is -0.467 e. The van der Waals surface area contributed by atoms with Crippen LogP contribution >= 0.6 is 0 Å². The monoisotopic (exact) mass is 404 g/mol. The van der Waals surface area contributed by atoms with E-state index in [9.17, 15) is 9.59 Å². The van der Waals surface area contributed by atoms with Crippen molar-refractivity contribution in [1.82, 2.24) is 10.3 Å². The number of nitrogens with one attached hydrogen (secondary N) is 1. The molecular weight excluding hydrogens is 376 g/mol. The molecule has 0 aliphatic rings. The normalized spacial score (nSPS) is 11.9. The van der Waals surface area contributed by atoms with Crippen molar-refractivity contribution in [3.8, 4) is 0 Å². The van der Waals surface area contributed by atoms with E-state index in [1.807, 2.05) is 54.6 Å². The Kier molecular flexibility index (Phi) is 7.55. The minimum absolute atomic E-state index is 0.285. The van der Waals surface area contributed by atoms with Crippen LogP contribution in [0.1, 0.15) is 48.9 Å². The molecule has 1 atom stereocenters. The molecule has 0 unspecified atom stereocenters. The van der Waals surface area contributed by atoms with Crippen molar-refractivity contribution in [2.24, 2.45) is 0 Å². The van der Waals surface area contributed by atoms with Gasteiger partial charge < -0.3 is 10.1 Å². The largest absolute Gasteiger partial charge is 0.467 e. The fourth-order valence-corrected chi connectivity index (χ4v) is 3.70. The fourth-order valence-electron chi connectivity index (χ4n) is 3.70. The molecule has 0 spiro atoms. The number of methoxy groups -OCH3 is 1. The van der Waals surface area contributed by atoms with Crippen molar-refractivity contribution in [2.45, 2.75) is 44.6 Å². The van der Waals surface area contributed by atoms with E-state index < -0.39 is 12.0 Å². The smallest absolute Gasteiger partial charge is 0.328 e. The number of ether oxygens (including phenoxy) is 1. The molecular formula is C25H28N2O3. The zero-order chi connectivity index (χ0) is 21.3. The standard InChI is InChI=1S/C25H28N2O3/c1-3-4-5-6-7-8-17-22(25(29)30-2)27-24(28)23-18-13-9-11-15-20(18)26-21-16-12-10-14-19(21)23/h3,9-16,22H,1,4-8,17H2,2H3,(H,27,28)/t22-/m1/s1. The molecule has 0 saturated heterocycles. The van der Waals surface area contributed by atoms with Crippen LogP contribution in [0.2, 0.25) is 0 Å². The zero-order valence-electron chi connectivity index (χ0n) is 17.4. The summed E-state index contributed by atoms with van der Waals surface area (Å²) in [6.07, 6.45) is 7.47. The molecule has 0 fully saturated rings. The third kappa shape index (κ3) is 5.03. The number of hydrogen-bond donors (Lipinski definition) is 1. The Morgan fingerprint density at radius 2 is 1.60 bits per heavy atom. The quantitative estimate of drug-likeness (QED) is 0.219. The van der Waals surface area contributed by atoms with E-state index in [2.05, 4.69) is 16.9 Å². The van der Waals surface area contributed by atoms with E-state index in [-0.39, 0.29) is 5.91 Å². The second kappa shape index (κ2) is 10.5. The van der Waals surface area contributed by atoms with Gasteiger partial charge in [-0.3, -0.25) is 4.79 Å². The lowest BCUT2D eigenvalue weighted by molar-refractivity contribution is -0.143. The number of pyridine rings is 1. The van der Waals surface area contributed by atoms with Crippen LogP contribution in [-0.4, -0.2) is 30.0 Å². The number of unbranched alkanes of at least 4 members (excludes halogenated alkanes) is 4. The summed E-state index contributed by atoms with van der Waals surface area (Å²) in [4.78, 5) is 30.3. The first-order valence-electron chi connectivity index (χ1n) is 10.4. The molecule has 5 heteroatoms. The zero-order valence-corrected chi connectivity index (χ0v) is 17.4. The van der Waals surface area contributed by atoms with Gasteiger partial charge in [0, 0.05) is 10.8 Å². The Bertz CT molecular complexity index is 991. The molecule has 3 rings (SSSR count). The number of hydrogen-bond acceptors (Lipinski definition) is 4. The van der Waals surface area contributed by atoms with Crippen LogP contribution in [0.25, 0.3) is 21.8 Å². The Hall–Kier alpha value is -3.21. The van der Waals surface area contributed by atoms with E-state index in [4.69, 9.17) is 4.74 Å². The number of aromatic nitrogens is 1. The number of para-hydroxylation sites is 2. The molecule has 1 N–H and O–H groups in total. The van der Waals surface area contributed by atoms with Crippen molar-refractivity contribution in [1.29, 1.82) is 0 Å². The molecule has 0 bridgehead atoms. The molecule has 0 aliphatic heterocycles. The molecule has 30 heavy (non-hydrogen) atoms. The van der Waals surface area contributed by atoms with Crippen molar-refractivity contribution >= 4 is 33.7 Å². The van der Waals surface area contributed by atoms with Crippen molar-refractivity contribution in [3.63, 3.8) is 0 Å². The van der Waals surface area contributed by atoms with Gasteiger partial charge in [-0.2, -0.15) is 0 Å². The van der Waals surface area contributed by atoms with Gasteiger partial charge in [-0.15, -0.1) is 6.58 Å². The lowest BCUT2D eigenvalue weighted by Crippen LogP contribution is -2.41. The predicted molar refractivity (Wildman–Crippen MR) is 120 cm³/mol. The topological polar surface area (TPSA) is 68.3 Å². The number of benzene rings is 2. The molecule has 1 amide bonds. The van der Waals surface area contributed by atoms with Gasteiger partial charge >= 0.3 is 5.97 Å². The number of rotatable bonds is 10. The second-order valence-corrected chi connectivity index (χ2v) is 7.35. The molecule has 0 aliphatic carbocycles. The molecule has 5 nitrogen and oxygen atoms in total. The van der Waals surface area contributed by atoms with Gasteiger partial charge in [-0.25, -0.2) is 9.78 Å². The van der Waals surface area contributed by atoms with Gasteiger partial charge in [0.25, 0.3) is 5.91 Å². The fraction of sp³-hybridized carbons (Fsp3) is 0.320. The Labute approximate surface area is 177 Å². The first-order valence-corrected chi connectivity index (χ1v) is 10.4. The molecule has 1 heterocycles. The maximum absolute atomic E-state index is 13.3. The predicted octanol–water partition coefficient (Wildman–Crippen LogP) is 5.19. The molecule has 1 aromatic heterocycles. The van der Waals surface area contributed by atoms with Gasteiger partial charge in [-0.05, 0) is 31.4 Å². The van der Waals surface area contributed by atoms with E-state index >= 15 is 0 Å². The van der Waals surface area contributed by atoms with Crippen molar-refractivity contribution in [3.05, 3.63) is 66.7 Å². The molecule has 2 aromatic carbocycles. The van der Waals surface area contributed by atoms with Crippen LogP contribution in [0.3, 0.4) is 0 Å². The summed E-state index contributed by atoms with van der Waals surface area (Å²) in [5.41, 5.74) is 2.03. The summed E-state index contributed by atoms with van der Waals surface area (Å²) in [5.74, 6) is -0.705. The highest BCUT2D eigenvalue weighted by atomic mass is 16.5. The van der Waals surface area contributed by atoms with Crippen LogP contribution < -0.4 is 5.32 Å². The molecule has 0 radical (unpaired) electrons. The lowest BCUT2D eigenvalue weighted by Gasteiger charge is -2.18. The summed E-state index contributed by atoms with van der Waals surface area (Å²) in [6, 6.07) is 14.4.